The Morgan fingerprint density at radius 3 is 2.31 bits per heavy atom. The number of hydrogen-bond donors (Lipinski definition) is 0. The number of aryl methyl sites for hydroxylation is 1. The number of halogens is 3. The first kappa shape index (κ1) is 24.3. The molecule has 186 valence electrons. The van der Waals surface area contributed by atoms with Crippen LogP contribution in [0.3, 0.4) is 0 Å². The van der Waals surface area contributed by atoms with Gasteiger partial charge in [-0.05, 0) is 44.8 Å². The number of benzene rings is 2. The lowest BCUT2D eigenvalue weighted by Gasteiger charge is -2.26. The van der Waals surface area contributed by atoms with Crippen LogP contribution in [0.1, 0.15) is 36.2 Å². The van der Waals surface area contributed by atoms with Crippen LogP contribution in [0.5, 0.6) is 0 Å². The molecule has 1 aromatic heterocycles. The molecule has 5 rings (SSSR count). The second-order valence-electron chi connectivity index (χ2n) is 10.1. The van der Waals surface area contributed by atoms with Gasteiger partial charge in [-0.15, -0.1) is 9.14 Å². The minimum absolute atomic E-state index is 0.0580. The van der Waals surface area contributed by atoms with E-state index >= 15 is 8.78 Å². The third-order valence-corrected chi connectivity index (χ3v) is 7.22. The van der Waals surface area contributed by atoms with Gasteiger partial charge in [-0.1, -0.05) is 6.07 Å². The molecule has 0 spiro atoms. The summed E-state index contributed by atoms with van der Waals surface area (Å²) in [5.41, 5.74) is 5.46. The van der Waals surface area contributed by atoms with Crippen molar-refractivity contribution in [3.05, 3.63) is 94.6 Å². The van der Waals surface area contributed by atoms with E-state index in [1.807, 2.05) is 80.5 Å². The Labute approximate surface area is 210 Å². The summed E-state index contributed by atoms with van der Waals surface area (Å²) in [4.78, 5) is 4.04. The summed E-state index contributed by atoms with van der Waals surface area (Å²) in [6.07, 6.45) is 4.03. The number of anilines is 1. The van der Waals surface area contributed by atoms with Crippen molar-refractivity contribution >= 4 is 11.4 Å². The number of likely N-dealkylation sites (N-methyl/N-ethyl adjacent to an activating group) is 1. The van der Waals surface area contributed by atoms with E-state index in [0.29, 0.717) is 28.8 Å². The summed E-state index contributed by atoms with van der Waals surface area (Å²) in [7, 11) is 7.84. The van der Waals surface area contributed by atoms with Gasteiger partial charge in [0, 0.05) is 57.0 Å². The number of hydrogen-bond acceptors (Lipinski definition) is 2. The average Bonchev–Trinajstić information content (AvgIpc) is 3.11. The molecule has 0 aliphatic carbocycles. The molecule has 0 fully saturated rings. The van der Waals surface area contributed by atoms with Gasteiger partial charge in [-0.25, -0.2) is 13.2 Å². The molecule has 2 atom stereocenters. The number of rotatable bonds is 4. The van der Waals surface area contributed by atoms with Crippen molar-refractivity contribution < 1.29 is 22.3 Å². The average molecular weight is 493 g/mol. The quantitative estimate of drug-likeness (QED) is 0.474. The first-order valence-electron chi connectivity index (χ1n) is 12.0. The Bertz CT molecular complexity index is 1440. The van der Waals surface area contributed by atoms with E-state index in [1.54, 1.807) is 6.07 Å². The van der Waals surface area contributed by atoms with Crippen molar-refractivity contribution in [2.24, 2.45) is 0 Å². The zero-order valence-corrected chi connectivity index (χ0v) is 21.5. The van der Waals surface area contributed by atoms with Crippen molar-refractivity contribution in [1.82, 2.24) is 4.90 Å². The third kappa shape index (κ3) is 3.91. The third-order valence-electron chi connectivity index (χ3n) is 7.22. The summed E-state index contributed by atoms with van der Waals surface area (Å²) >= 11 is 0. The summed E-state index contributed by atoms with van der Waals surface area (Å²) in [6, 6.07) is 11.5. The molecule has 36 heavy (non-hydrogen) atoms. The predicted octanol–water partition coefficient (Wildman–Crippen LogP) is 5.03. The van der Waals surface area contributed by atoms with E-state index in [4.69, 9.17) is 0 Å². The van der Waals surface area contributed by atoms with E-state index in [-0.39, 0.29) is 11.9 Å². The molecule has 0 saturated carbocycles. The van der Waals surface area contributed by atoms with Crippen LogP contribution in [0.2, 0.25) is 0 Å². The highest BCUT2D eigenvalue weighted by molar-refractivity contribution is 5.98. The van der Waals surface area contributed by atoms with Gasteiger partial charge in [-0.3, -0.25) is 0 Å². The molecule has 4 nitrogen and oxygen atoms in total. The maximum absolute atomic E-state index is 15.4. The Kier molecular flexibility index (Phi) is 5.99. The highest BCUT2D eigenvalue weighted by Crippen LogP contribution is 2.40. The normalized spacial score (nSPS) is 18.9. The van der Waals surface area contributed by atoms with Gasteiger partial charge in [0.25, 0.3) is 0 Å². The second kappa shape index (κ2) is 8.89. The van der Waals surface area contributed by atoms with Crippen LogP contribution in [-0.2, 0) is 0 Å². The van der Waals surface area contributed by atoms with Crippen LogP contribution in [0.4, 0.5) is 18.9 Å². The van der Waals surface area contributed by atoms with Crippen LogP contribution in [0.15, 0.2) is 60.4 Å². The van der Waals surface area contributed by atoms with E-state index in [1.165, 1.54) is 12.1 Å². The predicted molar refractivity (Wildman–Crippen MR) is 136 cm³/mol. The summed E-state index contributed by atoms with van der Waals surface area (Å²) in [5.74, 6) is -1.55. The summed E-state index contributed by atoms with van der Waals surface area (Å²) in [6.45, 7) is 3.83. The van der Waals surface area contributed by atoms with Crippen LogP contribution < -0.4 is 9.47 Å². The van der Waals surface area contributed by atoms with Gasteiger partial charge in [0.05, 0.1) is 17.5 Å². The number of nitrogens with zero attached hydrogens (tertiary/aromatic N) is 4. The Morgan fingerprint density at radius 2 is 1.64 bits per heavy atom. The monoisotopic (exact) mass is 492 g/mol. The minimum atomic E-state index is -0.634. The summed E-state index contributed by atoms with van der Waals surface area (Å²) < 4.78 is 49.3. The summed E-state index contributed by atoms with van der Waals surface area (Å²) in [5, 5.41) is 0. The fourth-order valence-electron chi connectivity index (χ4n) is 5.37. The largest absolute Gasteiger partial charge is 0.381 e. The fraction of sp³-hybridized carbons (Fsp3) is 0.310. The van der Waals surface area contributed by atoms with Crippen molar-refractivity contribution in [1.29, 1.82) is 0 Å². The van der Waals surface area contributed by atoms with Gasteiger partial charge in [0.1, 0.15) is 23.0 Å². The number of aromatic nitrogens is 1. The molecule has 0 bridgehead atoms. The fourth-order valence-corrected chi connectivity index (χ4v) is 5.37. The Hall–Kier alpha value is -3.45. The van der Waals surface area contributed by atoms with E-state index in [9.17, 15) is 4.39 Å². The molecular weight excluding hydrogens is 461 g/mol. The van der Waals surface area contributed by atoms with Gasteiger partial charge in [0.15, 0.2) is 17.6 Å². The minimum Gasteiger partial charge on any atom is -0.377 e. The van der Waals surface area contributed by atoms with Gasteiger partial charge < -0.3 is 9.80 Å². The van der Waals surface area contributed by atoms with Crippen molar-refractivity contribution in [3.63, 3.8) is 0 Å². The number of fused-ring (bicyclic) bond motifs is 3. The SMILES string of the molecule is CC1=CC(N(C)C)CC(c2ccc(C)cc2F)=[N+]1C1c2cc(F)cc(F)c2-c2cc(N(C)C)cc[n+]21. The van der Waals surface area contributed by atoms with E-state index < -0.39 is 17.8 Å². The lowest BCUT2D eigenvalue weighted by Crippen LogP contribution is -2.48. The molecule has 2 aliphatic rings. The van der Waals surface area contributed by atoms with Gasteiger partial charge in [-0.2, -0.15) is 0 Å². The lowest BCUT2D eigenvalue weighted by molar-refractivity contribution is -0.846. The molecule has 3 heterocycles. The maximum Gasteiger partial charge on any atom is 0.381 e. The van der Waals surface area contributed by atoms with E-state index in [2.05, 4.69) is 11.0 Å². The van der Waals surface area contributed by atoms with Gasteiger partial charge in [0.2, 0.25) is 5.69 Å². The van der Waals surface area contributed by atoms with Crippen LogP contribution in [0, 0.1) is 24.4 Å². The molecule has 2 aromatic carbocycles. The van der Waals surface area contributed by atoms with Crippen molar-refractivity contribution in [2.75, 3.05) is 33.1 Å². The zero-order valence-electron chi connectivity index (χ0n) is 21.5. The molecule has 0 N–H and O–H groups in total. The smallest absolute Gasteiger partial charge is 0.377 e. The van der Waals surface area contributed by atoms with Crippen LogP contribution in [0.25, 0.3) is 11.3 Å². The van der Waals surface area contributed by atoms with Crippen molar-refractivity contribution in [2.45, 2.75) is 32.5 Å². The molecule has 0 radical (unpaired) electrons. The lowest BCUT2D eigenvalue weighted by atomic mass is 9.95. The Balaban J connectivity index is 1.83. The maximum atomic E-state index is 15.4. The van der Waals surface area contributed by atoms with E-state index in [0.717, 1.165) is 28.7 Å². The molecular formula is C29H31F3N4+2. The number of pyridine rings is 1. The van der Waals surface area contributed by atoms with Gasteiger partial charge >= 0.3 is 6.17 Å². The second-order valence-corrected chi connectivity index (χ2v) is 10.1. The molecule has 2 unspecified atom stereocenters. The molecule has 2 aliphatic heterocycles. The first-order chi connectivity index (χ1) is 17.1. The van der Waals surface area contributed by atoms with Crippen molar-refractivity contribution in [3.8, 4) is 11.3 Å². The molecule has 0 amide bonds. The van der Waals surface area contributed by atoms with Crippen LogP contribution in [-0.4, -0.2) is 49.4 Å². The molecule has 0 saturated heterocycles. The van der Waals surface area contributed by atoms with Crippen LogP contribution >= 0.6 is 0 Å². The number of allylic oxidation sites excluding steroid dienone is 1. The Morgan fingerprint density at radius 1 is 0.889 bits per heavy atom. The molecule has 3 aromatic rings. The highest BCUT2D eigenvalue weighted by Gasteiger charge is 2.50. The standard InChI is InChI=1S/C29H31F3N4/c1-17-7-8-22(24(31)11-17)26-16-21(34(5)6)12-18(2)36(26)29-23-13-19(30)14-25(32)28(23)27-15-20(33(3)4)9-10-35(27)29/h7-15,21,29H,16H2,1-6H3/q+2. The highest BCUT2D eigenvalue weighted by atomic mass is 19.1. The zero-order chi connectivity index (χ0) is 25.9. The molecule has 7 heteroatoms. The topological polar surface area (TPSA) is 13.4 Å². The first-order valence-corrected chi connectivity index (χ1v) is 12.0.